The van der Waals surface area contributed by atoms with E-state index >= 15 is 0 Å². The Hall–Kier alpha value is -1.35. The van der Waals surface area contributed by atoms with Crippen LogP contribution in [0.2, 0.25) is 0 Å². The molecule has 4 nitrogen and oxygen atoms in total. The van der Waals surface area contributed by atoms with Crippen LogP contribution in [0.25, 0.3) is 5.69 Å². The normalized spacial score (nSPS) is 11.6. The fraction of sp³-hybridized carbons (Fsp3) is 0.111. The summed E-state index contributed by atoms with van der Waals surface area (Å²) in [6, 6.07) is 4.22. The van der Waals surface area contributed by atoms with Crippen LogP contribution in [-0.2, 0) is 0 Å². The van der Waals surface area contributed by atoms with Crippen LogP contribution in [0.4, 0.5) is 13.2 Å². The molecule has 9 heteroatoms. The Morgan fingerprint density at radius 3 is 2.67 bits per heavy atom. The molecule has 1 heterocycles. The molecule has 0 amide bonds. The minimum Gasteiger partial charge on any atom is -0.403 e. The Kier molecular flexibility index (Phi) is 3.44. The molecule has 1 N–H and O–H groups in total. The average Bonchev–Trinajstić information content (AvgIpc) is 2.62. The van der Waals surface area contributed by atoms with E-state index in [-0.39, 0.29) is 16.2 Å². The van der Waals surface area contributed by atoms with Gasteiger partial charge in [0.15, 0.2) is 10.5 Å². The van der Waals surface area contributed by atoms with Crippen molar-refractivity contribution in [1.82, 2.24) is 14.8 Å². The number of H-pyrrole nitrogens is 1. The van der Waals surface area contributed by atoms with E-state index in [1.807, 2.05) is 0 Å². The molecular weight excluding hydrogens is 335 g/mol. The van der Waals surface area contributed by atoms with Crippen LogP contribution >= 0.6 is 28.1 Å². The summed E-state index contributed by atoms with van der Waals surface area (Å²) in [5.41, 5.74) is 0.147. The zero-order chi connectivity index (χ0) is 13.3. The molecule has 0 fully saturated rings. The lowest BCUT2D eigenvalue weighted by atomic mass is 10.3. The highest BCUT2D eigenvalue weighted by Crippen LogP contribution is 2.31. The number of aromatic nitrogens is 3. The SMILES string of the molecule is FC(F)(F)Oc1cc(Br)ccc1-n1cn[nH]c1=S. The second-order valence-corrected chi connectivity index (χ2v) is 4.49. The highest BCUT2D eigenvalue weighted by Gasteiger charge is 2.32. The van der Waals surface area contributed by atoms with Crippen molar-refractivity contribution in [2.75, 3.05) is 0 Å². The summed E-state index contributed by atoms with van der Waals surface area (Å²) in [4.78, 5) is 0. The van der Waals surface area contributed by atoms with Crippen molar-refractivity contribution in [2.45, 2.75) is 6.36 Å². The molecule has 1 aromatic carbocycles. The molecule has 0 aliphatic rings. The van der Waals surface area contributed by atoms with Gasteiger partial charge in [-0.15, -0.1) is 13.2 Å². The number of nitrogens with zero attached hydrogens (tertiary/aromatic N) is 2. The van der Waals surface area contributed by atoms with Gasteiger partial charge in [-0.05, 0) is 30.4 Å². The van der Waals surface area contributed by atoms with E-state index in [2.05, 4.69) is 30.9 Å². The lowest BCUT2D eigenvalue weighted by Gasteiger charge is -2.13. The van der Waals surface area contributed by atoms with Crippen molar-refractivity contribution >= 4 is 28.1 Å². The Morgan fingerprint density at radius 1 is 1.39 bits per heavy atom. The zero-order valence-corrected chi connectivity index (χ0v) is 10.9. The van der Waals surface area contributed by atoms with Crippen molar-refractivity contribution in [3.8, 4) is 11.4 Å². The smallest absolute Gasteiger partial charge is 0.403 e. The summed E-state index contributed by atoms with van der Waals surface area (Å²) < 4.78 is 42.8. The van der Waals surface area contributed by atoms with E-state index in [9.17, 15) is 13.2 Å². The molecule has 0 aliphatic carbocycles. The minimum atomic E-state index is -4.78. The summed E-state index contributed by atoms with van der Waals surface area (Å²) in [6.07, 6.45) is -3.50. The zero-order valence-electron chi connectivity index (χ0n) is 8.53. The predicted molar refractivity (Wildman–Crippen MR) is 63.1 cm³/mol. The molecule has 0 radical (unpaired) electrons. The van der Waals surface area contributed by atoms with Crippen molar-refractivity contribution in [1.29, 1.82) is 0 Å². The Morgan fingerprint density at radius 2 is 2.11 bits per heavy atom. The molecule has 2 aromatic rings. The monoisotopic (exact) mass is 339 g/mol. The lowest BCUT2D eigenvalue weighted by Crippen LogP contribution is -2.18. The van der Waals surface area contributed by atoms with Gasteiger partial charge in [-0.3, -0.25) is 9.67 Å². The van der Waals surface area contributed by atoms with Gasteiger partial charge < -0.3 is 4.74 Å². The Balaban J connectivity index is 2.54. The van der Waals surface area contributed by atoms with Crippen LogP contribution in [0.3, 0.4) is 0 Å². The molecule has 0 atom stereocenters. The topological polar surface area (TPSA) is 42.8 Å². The Labute approximate surface area is 113 Å². The van der Waals surface area contributed by atoms with E-state index in [0.717, 1.165) is 0 Å². The van der Waals surface area contributed by atoms with Gasteiger partial charge in [-0.1, -0.05) is 15.9 Å². The first-order valence-electron chi connectivity index (χ1n) is 4.54. The number of hydrogen-bond acceptors (Lipinski definition) is 3. The molecule has 0 aliphatic heterocycles. The number of alkyl halides is 3. The summed E-state index contributed by atoms with van der Waals surface area (Å²) in [7, 11) is 0. The predicted octanol–water partition coefficient (Wildman–Crippen LogP) is 3.59. The molecular formula is C9H5BrF3N3OS. The number of nitrogens with one attached hydrogen (secondary N) is 1. The highest BCUT2D eigenvalue weighted by molar-refractivity contribution is 9.10. The largest absolute Gasteiger partial charge is 0.573 e. The maximum atomic E-state index is 12.3. The van der Waals surface area contributed by atoms with Crippen molar-refractivity contribution < 1.29 is 17.9 Å². The molecule has 2 rings (SSSR count). The van der Waals surface area contributed by atoms with Gasteiger partial charge >= 0.3 is 6.36 Å². The number of aromatic amines is 1. The van der Waals surface area contributed by atoms with E-state index in [1.165, 1.54) is 23.0 Å². The van der Waals surface area contributed by atoms with Gasteiger partial charge in [0.25, 0.3) is 0 Å². The minimum absolute atomic E-state index is 0.147. The quantitative estimate of drug-likeness (QED) is 0.850. The van der Waals surface area contributed by atoms with Gasteiger partial charge in [0.2, 0.25) is 0 Å². The molecule has 0 spiro atoms. The van der Waals surface area contributed by atoms with Crippen molar-refractivity contribution in [2.24, 2.45) is 0 Å². The van der Waals surface area contributed by atoms with Crippen LogP contribution in [-0.4, -0.2) is 21.1 Å². The summed E-state index contributed by atoms with van der Waals surface area (Å²) in [6.45, 7) is 0. The second kappa shape index (κ2) is 4.73. The number of halogens is 4. The average molecular weight is 340 g/mol. The highest BCUT2D eigenvalue weighted by atomic mass is 79.9. The first-order valence-corrected chi connectivity index (χ1v) is 5.74. The fourth-order valence-electron chi connectivity index (χ4n) is 1.31. The molecule has 18 heavy (non-hydrogen) atoms. The van der Waals surface area contributed by atoms with Crippen LogP contribution < -0.4 is 4.74 Å². The number of hydrogen-bond donors (Lipinski definition) is 1. The van der Waals surface area contributed by atoms with Crippen molar-refractivity contribution in [3.63, 3.8) is 0 Å². The fourth-order valence-corrected chi connectivity index (χ4v) is 1.85. The van der Waals surface area contributed by atoms with Crippen molar-refractivity contribution in [3.05, 3.63) is 33.8 Å². The van der Waals surface area contributed by atoms with E-state index in [0.29, 0.717) is 4.47 Å². The number of benzene rings is 1. The van der Waals surface area contributed by atoms with Gasteiger partial charge in [0.1, 0.15) is 6.33 Å². The summed E-state index contributed by atoms with van der Waals surface area (Å²) in [5, 5.41) is 6.09. The van der Waals surface area contributed by atoms with E-state index in [1.54, 1.807) is 6.07 Å². The van der Waals surface area contributed by atoms with Crippen LogP contribution in [0, 0.1) is 4.77 Å². The standard InChI is InChI=1S/C9H5BrF3N3OS/c10-5-1-2-6(16-4-14-15-8(16)18)7(3-5)17-9(11,12)13/h1-4H,(H,15,18). The maximum absolute atomic E-state index is 12.3. The first-order chi connectivity index (χ1) is 8.37. The number of rotatable bonds is 2. The Bertz CT molecular complexity index is 622. The molecule has 0 saturated carbocycles. The van der Waals surface area contributed by atoms with Gasteiger partial charge in [0, 0.05) is 4.47 Å². The maximum Gasteiger partial charge on any atom is 0.573 e. The third kappa shape index (κ3) is 2.91. The van der Waals surface area contributed by atoms with Gasteiger partial charge in [0.05, 0.1) is 5.69 Å². The molecule has 1 aromatic heterocycles. The van der Waals surface area contributed by atoms with Crippen LogP contribution in [0.1, 0.15) is 0 Å². The second-order valence-electron chi connectivity index (χ2n) is 3.19. The molecule has 0 unspecified atom stereocenters. The molecule has 96 valence electrons. The van der Waals surface area contributed by atoms with Gasteiger partial charge in [-0.2, -0.15) is 5.10 Å². The lowest BCUT2D eigenvalue weighted by molar-refractivity contribution is -0.274. The number of ether oxygens (including phenoxy) is 1. The third-order valence-corrected chi connectivity index (χ3v) is 2.74. The first kappa shape index (κ1) is 13.1. The van der Waals surface area contributed by atoms with Gasteiger partial charge in [-0.25, -0.2) is 0 Å². The molecule has 0 saturated heterocycles. The third-order valence-electron chi connectivity index (χ3n) is 1.96. The summed E-state index contributed by atoms with van der Waals surface area (Å²) in [5.74, 6) is -0.366. The van der Waals surface area contributed by atoms with E-state index in [4.69, 9.17) is 12.2 Å². The summed E-state index contributed by atoms with van der Waals surface area (Å²) >= 11 is 7.98. The molecule has 0 bridgehead atoms. The van der Waals surface area contributed by atoms with Crippen LogP contribution in [0.5, 0.6) is 5.75 Å². The van der Waals surface area contributed by atoms with Crippen LogP contribution in [0.15, 0.2) is 29.0 Å². The van der Waals surface area contributed by atoms with E-state index < -0.39 is 6.36 Å².